The maximum atomic E-state index is 12.0. The summed E-state index contributed by atoms with van der Waals surface area (Å²) in [5.74, 6) is 0.933. The molecule has 2 N–H and O–H groups in total. The molecule has 0 saturated carbocycles. The smallest absolute Gasteiger partial charge is 0.227 e. The summed E-state index contributed by atoms with van der Waals surface area (Å²) in [5, 5.41) is 12.2. The number of halogens is 1. The van der Waals surface area contributed by atoms with Gasteiger partial charge in [-0.1, -0.05) is 0 Å². The van der Waals surface area contributed by atoms with E-state index in [-0.39, 0.29) is 24.9 Å². The summed E-state index contributed by atoms with van der Waals surface area (Å²) in [6, 6.07) is 0. The number of piperidine rings is 1. The molecule has 0 spiro atoms. The molecule has 4 nitrogen and oxygen atoms in total. The van der Waals surface area contributed by atoms with Gasteiger partial charge in [-0.25, -0.2) is 0 Å². The second-order valence-electron chi connectivity index (χ2n) is 4.64. The molecule has 2 heterocycles. The summed E-state index contributed by atoms with van der Waals surface area (Å²) in [6.45, 7) is 3.76. The van der Waals surface area contributed by atoms with E-state index in [2.05, 4.69) is 5.32 Å². The summed E-state index contributed by atoms with van der Waals surface area (Å²) in [6.07, 6.45) is 2.91. The van der Waals surface area contributed by atoms with E-state index >= 15 is 0 Å². The third-order valence-electron chi connectivity index (χ3n) is 3.59. The van der Waals surface area contributed by atoms with Crippen molar-refractivity contribution >= 4 is 18.3 Å². The van der Waals surface area contributed by atoms with E-state index in [4.69, 9.17) is 5.11 Å². The van der Waals surface area contributed by atoms with Crippen LogP contribution < -0.4 is 5.32 Å². The van der Waals surface area contributed by atoms with Gasteiger partial charge in [-0.05, 0) is 31.7 Å². The highest BCUT2D eigenvalue weighted by atomic mass is 35.5. The number of rotatable bonds is 2. The number of amides is 1. The zero-order chi connectivity index (χ0) is 10.7. The van der Waals surface area contributed by atoms with Crippen LogP contribution in [-0.4, -0.2) is 48.7 Å². The molecular formula is C11H21ClN2O2. The zero-order valence-electron chi connectivity index (χ0n) is 9.52. The molecule has 94 valence electrons. The van der Waals surface area contributed by atoms with Crippen molar-refractivity contribution < 1.29 is 9.90 Å². The molecule has 2 saturated heterocycles. The molecule has 0 aromatic rings. The number of nitrogens with zero attached hydrogens (tertiary/aromatic N) is 1. The monoisotopic (exact) mass is 248 g/mol. The quantitative estimate of drug-likeness (QED) is 0.737. The number of carbonyl (C=O) groups excluding carboxylic acids is 1. The summed E-state index contributed by atoms with van der Waals surface area (Å²) in [7, 11) is 0. The Balaban J connectivity index is 0.00000128. The van der Waals surface area contributed by atoms with Gasteiger partial charge in [0.25, 0.3) is 0 Å². The third-order valence-corrected chi connectivity index (χ3v) is 3.59. The van der Waals surface area contributed by atoms with Crippen LogP contribution in [0.1, 0.15) is 19.3 Å². The summed E-state index contributed by atoms with van der Waals surface area (Å²) >= 11 is 0. The molecular weight excluding hydrogens is 228 g/mol. The van der Waals surface area contributed by atoms with Gasteiger partial charge in [0.15, 0.2) is 0 Å². The normalized spacial score (nSPS) is 26.6. The van der Waals surface area contributed by atoms with Gasteiger partial charge in [-0.3, -0.25) is 4.79 Å². The fraction of sp³-hybridized carbons (Fsp3) is 0.909. The molecule has 0 aromatic heterocycles. The lowest BCUT2D eigenvalue weighted by molar-refractivity contribution is -0.136. The van der Waals surface area contributed by atoms with Gasteiger partial charge in [-0.15, -0.1) is 12.4 Å². The zero-order valence-corrected chi connectivity index (χ0v) is 10.3. The maximum Gasteiger partial charge on any atom is 0.227 e. The van der Waals surface area contributed by atoms with Crippen molar-refractivity contribution in [2.24, 2.45) is 11.8 Å². The molecule has 1 atom stereocenters. The predicted molar refractivity (Wildman–Crippen MR) is 64.6 cm³/mol. The Kier molecular flexibility index (Phi) is 5.52. The standard InChI is InChI=1S/C11H20N2O2.ClH/c14-8-9-2-5-13(6-3-9)11(15)10-1-4-12-7-10;/h9-10,12,14H,1-8H2;1H. The van der Waals surface area contributed by atoms with Crippen LogP contribution in [0.2, 0.25) is 0 Å². The van der Waals surface area contributed by atoms with Crippen LogP contribution in [0, 0.1) is 11.8 Å². The Bertz CT molecular complexity index is 224. The lowest BCUT2D eigenvalue weighted by atomic mass is 9.96. The minimum absolute atomic E-state index is 0. The van der Waals surface area contributed by atoms with Gasteiger partial charge >= 0.3 is 0 Å². The van der Waals surface area contributed by atoms with Crippen molar-refractivity contribution in [1.29, 1.82) is 0 Å². The Morgan fingerprint density at radius 2 is 2.00 bits per heavy atom. The SMILES string of the molecule is Cl.O=C(C1CCNC1)N1CCC(CO)CC1. The highest BCUT2D eigenvalue weighted by Gasteiger charge is 2.29. The van der Waals surface area contributed by atoms with Crippen molar-refractivity contribution in [2.75, 3.05) is 32.8 Å². The van der Waals surface area contributed by atoms with Gasteiger partial charge in [0.2, 0.25) is 5.91 Å². The van der Waals surface area contributed by atoms with E-state index in [1.54, 1.807) is 0 Å². The fourth-order valence-electron chi connectivity index (χ4n) is 2.46. The average molecular weight is 249 g/mol. The number of hydrogen-bond acceptors (Lipinski definition) is 3. The molecule has 2 fully saturated rings. The van der Waals surface area contributed by atoms with Crippen molar-refractivity contribution in [3.05, 3.63) is 0 Å². The molecule has 16 heavy (non-hydrogen) atoms. The van der Waals surface area contributed by atoms with Crippen molar-refractivity contribution in [2.45, 2.75) is 19.3 Å². The van der Waals surface area contributed by atoms with Crippen LogP contribution in [0.5, 0.6) is 0 Å². The highest BCUT2D eigenvalue weighted by molar-refractivity contribution is 5.85. The first kappa shape index (κ1) is 13.7. The van der Waals surface area contributed by atoms with Crippen LogP contribution >= 0.6 is 12.4 Å². The van der Waals surface area contributed by atoms with Gasteiger partial charge in [-0.2, -0.15) is 0 Å². The van der Waals surface area contributed by atoms with E-state index in [0.717, 1.165) is 45.4 Å². The number of aliphatic hydroxyl groups excluding tert-OH is 1. The third kappa shape index (κ3) is 3.09. The van der Waals surface area contributed by atoms with Gasteiger partial charge < -0.3 is 15.3 Å². The Labute approximate surface area is 103 Å². The predicted octanol–water partition coefficient (Wildman–Crippen LogP) is 0.249. The summed E-state index contributed by atoms with van der Waals surface area (Å²) < 4.78 is 0. The van der Waals surface area contributed by atoms with Crippen molar-refractivity contribution in [1.82, 2.24) is 10.2 Å². The molecule has 5 heteroatoms. The van der Waals surface area contributed by atoms with Crippen LogP contribution in [0.15, 0.2) is 0 Å². The molecule has 1 amide bonds. The van der Waals surface area contributed by atoms with Crippen LogP contribution in [-0.2, 0) is 4.79 Å². The number of likely N-dealkylation sites (tertiary alicyclic amines) is 1. The van der Waals surface area contributed by atoms with Crippen molar-refractivity contribution in [3.63, 3.8) is 0 Å². The minimum atomic E-state index is 0. The van der Waals surface area contributed by atoms with Crippen LogP contribution in [0.25, 0.3) is 0 Å². The second kappa shape index (κ2) is 6.42. The van der Waals surface area contributed by atoms with Crippen molar-refractivity contribution in [3.8, 4) is 0 Å². The fourth-order valence-corrected chi connectivity index (χ4v) is 2.46. The molecule has 0 bridgehead atoms. The summed E-state index contributed by atoms with van der Waals surface area (Å²) in [5.41, 5.74) is 0. The largest absolute Gasteiger partial charge is 0.396 e. The number of carbonyl (C=O) groups is 1. The molecule has 0 radical (unpaired) electrons. The molecule has 0 aromatic carbocycles. The van der Waals surface area contributed by atoms with Gasteiger partial charge in [0.05, 0.1) is 5.92 Å². The van der Waals surface area contributed by atoms with E-state index in [9.17, 15) is 4.79 Å². The molecule has 2 rings (SSSR count). The molecule has 1 unspecified atom stereocenters. The lowest BCUT2D eigenvalue weighted by Gasteiger charge is -2.32. The number of hydrogen-bond donors (Lipinski definition) is 2. The summed E-state index contributed by atoms with van der Waals surface area (Å²) in [4.78, 5) is 14.0. The van der Waals surface area contributed by atoms with Gasteiger partial charge in [0, 0.05) is 26.2 Å². The first-order chi connectivity index (χ1) is 7.31. The topological polar surface area (TPSA) is 52.6 Å². The highest BCUT2D eigenvalue weighted by Crippen LogP contribution is 2.20. The Morgan fingerprint density at radius 3 is 2.50 bits per heavy atom. The first-order valence-electron chi connectivity index (χ1n) is 5.91. The van der Waals surface area contributed by atoms with E-state index < -0.39 is 0 Å². The molecule has 2 aliphatic rings. The first-order valence-corrected chi connectivity index (χ1v) is 5.91. The second-order valence-corrected chi connectivity index (χ2v) is 4.64. The van der Waals surface area contributed by atoms with E-state index in [1.165, 1.54) is 0 Å². The number of nitrogens with one attached hydrogen (secondary N) is 1. The van der Waals surface area contributed by atoms with Crippen LogP contribution in [0.3, 0.4) is 0 Å². The van der Waals surface area contributed by atoms with Crippen LogP contribution in [0.4, 0.5) is 0 Å². The molecule has 2 aliphatic heterocycles. The lowest BCUT2D eigenvalue weighted by Crippen LogP contribution is -2.42. The van der Waals surface area contributed by atoms with Gasteiger partial charge in [0.1, 0.15) is 0 Å². The van der Waals surface area contributed by atoms with E-state index in [1.807, 2.05) is 4.90 Å². The molecule has 0 aliphatic carbocycles. The Morgan fingerprint density at radius 1 is 1.31 bits per heavy atom. The van der Waals surface area contributed by atoms with E-state index in [0.29, 0.717) is 11.8 Å². The Hall–Kier alpha value is -0.320. The average Bonchev–Trinajstić information content (AvgIpc) is 2.82. The minimum Gasteiger partial charge on any atom is -0.396 e. The maximum absolute atomic E-state index is 12.0. The number of aliphatic hydroxyl groups is 1.